The number of nitro groups is 1. The molecule has 2 aromatic rings. The van der Waals surface area contributed by atoms with E-state index in [1.807, 2.05) is 12.1 Å². The highest BCUT2D eigenvalue weighted by atomic mass is 16.6. The zero-order valence-corrected chi connectivity index (χ0v) is 16.4. The highest BCUT2D eigenvalue weighted by Gasteiger charge is 2.20. The van der Waals surface area contributed by atoms with Gasteiger partial charge in [0.2, 0.25) is 5.91 Å². The van der Waals surface area contributed by atoms with E-state index in [-0.39, 0.29) is 17.6 Å². The van der Waals surface area contributed by atoms with Crippen molar-refractivity contribution in [2.75, 3.05) is 20.2 Å². The lowest BCUT2D eigenvalue weighted by atomic mass is 10.0. The fourth-order valence-corrected chi connectivity index (χ4v) is 3.35. The molecular formula is C22H25N3O4. The molecule has 0 bridgehead atoms. The van der Waals surface area contributed by atoms with Crippen molar-refractivity contribution in [2.45, 2.75) is 25.4 Å². The topological polar surface area (TPSA) is 84.7 Å². The van der Waals surface area contributed by atoms with Gasteiger partial charge < -0.3 is 10.1 Å². The number of amides is 1. The first-order valence-electron chi connectivity index (χ1n) is 9.62. The summed E-state index contributed by atoms with van der Waals surface area (Å²) in [6.45, 7) is 2.76. The Hall–Kier alpha value is -3.19. The number of benzene rings is 2. The summed E-state index contributed by atoms with van der Waals surface area (Å²) < 4.78 is 5.19. The van der Waals surface area contributed by atoms with E-state index >= 15 is 0 Å². The number of hydrogen-bond acceptors (Lipinski definition) is 5. The van der Waals surface area contributed by atoms with E-state index in [0.717, 1.165) is 43.8 Å². The van der Waals surface area contributed by atoms with Gasteiger partial charge in [-0.2, -0.15) is 0 Å². The van der Waals surface area contributed by atoms with Crippen molar-refractivity contribution in [1.29, 1.82) is 0 Å². The Labute approximate surface area is 170 Å². The van der Waals surface area contributed by atoms with Gasteiger partial charge in [0.1, 0.15) is 5.75 Å². The normalized spacial score (nSPS) is 15.3. The van der Waals surface area contributed by atoms with Crippen molar-refractivity contribution in [1.82, 2.24) is 10.2 Å². The number of ether oxygens (including phenoxy) is 1. The van der Waals surface area contributed by atoms with Crippen LogP contribution in [0.2, 0.25) is 0 Å². The zero-order chi connectivity index (χ0) is 20.6. The average Bonchev–Trinajstić information content (AvgIpc) is 2.74. The van der Waals surface area contributed by atoms with Gasteiger partial charge in [-0.15, -0.1) is 0 Å². The minimum Gasteiger partial charge on any atom is -0.497 e. The van der Waals surface area contributed by atoms with Crippen LogP contribution >= 0.6 is 0 Å². The number of nitrogens with one attached hydrogen (secondary N) is 1. The average molecular weight is 395 g/mol. The molecule has 0 aliphatic carbocycles. The van der Waals surface area contributed by atoms with Crippen LogP contribution in [0.5, 0.6) is 5.75 Å². The molecule has 1 N–H and O–H groups in total. The molecule has 1 amide bonds. The van der Waals surface area contributed by atoms with E-state index < -0.39 is 4.92 Å². The number of non-ortho nitro benzene ring substituents is 1. The monoisotopic (exact) mass is 395 g/mol. The van der Waals surface area contributed by atoms with E-state index in [9.17, 15) is 14.9 Å². The van der Waals surface area contributed by atoms with E-state index in [1.165, 1.54) is 23.8 Å². The Kier molecular flexibility index (Phi) is 6.97. The quantitative estimate of drug-likeness (QED) is 0.441. The van der Waals surface area contributed by atoms with Crippen molar-refractivity contribution in [2.24, 2.45) is 0 Å². The van der Waals surface area contributed by atoms with Crippen molar-refractivity contribution >= 4 is 17.7 Å². The number of likely N-dealkylation sites (tertiary alicyclic amines) is 1. The standard InChI is InChI=1S/C22H25N3O4/c1-29-21-9-4-18(5-10-21)16-24-14-12-19(13-15-24)23-22(26)11-6-17-2-7-20(8-3-17)25(27)28/h2-11,19H,12-16H2,1H3,(H,23,26). The molecule has 0 atom stereocenters. The number of nitro benzene ring substituents is 1. The second-order valence-electron chi connectivity index (χ2n) is 7.09. The summed E-state index contributed by atoms with van der Waals surface area (Å²) in [5.41, 5.74) is 2.03. The lowest BCUT2D eigenvalue weighted by Crippen LogP contribution is -2.43. The molecule has 3 rings (SSSR count). The van der Waals surface area contributed by atoms with Crippen LogP contribution in [-0.4, -0.2) is 42.0 Å². The van der Waals surface area contributed by atoms with Crippen LogP contribution in [0.25, 0.3) is 6.08 Å². The van der Waals surface area contributed by atoms with E-state index in [2.05, 4.69) is 22.3 Å². The third-order valence-electron chi connectivity index (χ3n) is 5.03. The number of piperidine rings is 1. The molecule has 0 unspecified atom stereocenters. The molecule has 1 fully saturated rings. The fraction of sp³-hybridized carbons (Fsp3) is 0.318. The highest BCUT2D eigenvalue weighted by molar-refractivity contribution is 5.91. The Bertz CT molecular complexity index is 855. The minimum atomic E-state index is -0.443. The fourth-order valence-electron chi connectivity index (χ4n) is 3.35. The SMILES string of the molecule is COc1ccc(CN2CCC(NC(=O)C=Cc3ccc([N+](=O)[O-])cc3)CC2)cc1. The van der Waals surface area contributed by atoms with Crippen LogP contribution in [-0.2, 0) is 11.3 Å². The molecule has 1 saturated heterocycles. The van der Waals surface area contributed by atoms with Crippen molar-refractivity contribution in [3.05, 3.63) is 75.8 Å². The second-order valence-corrected chi connectivity index (χ2v) is 7.09. The second kappa shape index (κ2) is 9.84. The maximum absolute atomic E-state index is 12.2. The molecule has 0 spiro atoms. The largest absolute Gasteiger partial charge is 0.497 e. The zero-order valence-electron chi connectivity index (χ0n) is 16.4. The van der Waals surface area contributed by atoms with Gasteiger partial charge in [-0.05, 0) is 54.3 Å². The van der Waals surface area contributed by atoms with Crippen LogP contribution in [0.15, 0.2) is 54.6 Å². The third-order valence-corrected chi connectivity index (χ3v) is 5.03. The first kappa shape index (κ1) is 20.5. The first-order chi connectivity index (χ1) is 14.0. The molecule has 0 aromatic heterocycles. The summed E-state index contributed by atoms with van der Waals surface area (Å²) in [7, 11) is 1.66. The number of carbonyl (C=O) groups excluding carboxylic acids is 1. The van der Waals surface area contributed by atoms with Gasteiger partial charge >= 0.3 is 0 Å². The predicted octanol–water partition coefficient (Wildman–Crippen LogP) is 3.40. The van der Waals surface area contributed by atoms with Crippen molar-refractivity contribution in [3.8, 4) is 5.75 Å². The van der Waals surface area contributed by atoms with Gasteiger partial charge in [-0.1, -0.05) is 12.1 Å². The van der Waals surface area contributed by atoms with E-state index in [0.29, 0.717) is 0 Å². The summed E-state index contributed by atoms with van der Waals surface area (Å²) in [6.07, 6.45) is 4.96. The molecule has 7 heteroatoms. The lowest BCUT2D eigenvalue weighted by Gasteiger charge is -2.32. The van der Waals surface area contributed by atoms with Gasteiger partial charge in [0, 0.05) is 43.9 Å². The maximum Gasteiger partial charge on any atom is 0.269 e. The van der Waals surface area contributed by atoms with Gasteiger partial charge in [0.05, 0.1) is 12.0 Å². The molecule has 7 nitrogen and oxygen atoms in total. The predicted molar refractivity (Wildman–Crippen MR) is 112 cm³/mol. The minimum absolute atomic E-state index is 0.0352. The molecule has 1 aliphatic rings. The van der Waals surface area contributed by atoms with Gasteiger partial charge in [0.25, 0.3) is 5.69 Å². The molecule has 1 heterocycles. The lowest BCUT2D eigenvalue weighted by molar-refractivity contribution is -0.384. The Balaban J connectivity index is 1.42. The van der Waals surface area contributed by atoms with E-state index in [4.69, 9.17) is 4.74 Å². The number of nitrogens with zero attached hydrogens (tertiary/aromatic N) is 2. The Morgan fingerprint density at radius 1 is 1.17 bits per heavy atom. The summed E-state index contributed by atoms with van der Waals surface area (Å²) in [4.78, 5) is 24.8. The number of carbonyl (C=O) groups is 1. The number of rotatable bonds is 7. The molecule has 2 aromatic carbocycles. The molecule has 1 aliphatic heterocycles. The Morgan fingerprint density at radius 3 is 2.41 bits per heavy atom. The molecule has 29 heavy (non-hydrogen) atoms. The molecular weight excluding hydrogens is 370 g/mol. The summed E-state index contributed by atoms with van der Waals surface area (Å²) >= 11 is 0. The summed E-state index contributed by atoms with van der Waals surface area (Å²) in [5, 5.41) is 13.7. The van der Waals surface area contributed by atoms with Crippen molar-refractivity contribution in [3.63, 3.8) is 0 Å². The third kappa shape index (κ3) is 6.15. The van der Waals surface area contributed by atoms with Crippen LogP contribution in [0, 0.1) is 10.1 Å². The van der Waals surface area contributed by atoms with Gasteiger partial charge in [-0.25, -0.2) is 0 Å². The highest BCUT2D eigenvalue weighted by Crippen LogP contribution is 2.17. The Morgan fingerprint density at radius 2 is 1.83 bits per heavy atom. The molecule has 0 radical (unpaired) electrons. The maximum atomic E-state index is 12.2. The van der Waals surface area contributed by atoms with Crippen LogP contribution < -0.4 is 10.1 Å². The van der Waals surface area contributed by atoms with E-state index in [1.54, 1.807) is 25.3 Å². The van der Waals surface area contributed by atoms with Crippen molar-refractivity contribution < 1.29 is 14.5 Å². The number of hydrogen-bond donors (Lipinski definition) is 1. The summed E-state index contributed by atoms with van der Waals surface area (Å²) in [6, 6.07) is 14.4. The smallest absolute Gasteiger partial charge is 0.269 e. The van der Waals surface area contributed by atoms with Gasteiger partial charge in [0.15, 0.2) is 0 Å². The van der Waals surface area contributed by atoms with Gasteiger partial charge in [-0.3, -0.25) is 19.8 Å². The van der Waals surface area contributed by atoms with Crippen LogP contribution in [0.3, 0.4) is 0 Å². The number of methoxy groups -OCH3 is 1. The molecule has 0 saturated carbocycles. The molecule has 152 valence electrons. The first-order valence-corrected chi connectivity index (χ1v) is 9.62. The van der Waals surface area contributed by atoms with Crippen LogP contribution in [0.4, 0.5) is 5.69 Å². The van der Waals surface area contributed by atoms with Crippen LogP contribution in [0.1, 0.15) is 24.0 Å². The summed E-state index contributed by atoms with van der Waals surface area (Å²) in [5.74, 6) is 0.717.